The highest BCUT2D eigenvalue weighted by Gasteiger charge is 2.34. The van der Waals surface area contributed by atoms with E-state index in [4.69, 9.17) is 9.47 Å². The Morgan fingerprint density at radius 1 is 1.15 bits per heavy atom. The molecule has 2 fully saturated rings. The van der Waals surface area contributed by atoms with Crippen LogP contribution in [0.2, 0.25) is 0 Å². The molecule has 2 aliphatic heterocycles. The van der Waals surface area contributed by atoms with Crippen molar-refractivity contribution in [3.8, 4) is 17.1 Å². The molecule has 0 spiro atoms. The highest BCUT2D eigenvalue weighted by atomic mass is 19.1. The number of carbonyl (C=O) groups is 1. The Kier molecular flexibility index (Phi) is 8.71. The summed E-state index contributed by atoms with van der Waals surface area (Å²) in [5.41, 5.74) is 3.62. The van der Waals surface area contributed by atoms with Crippen LogP contribution >= 0.6 is 0 Å². The molecular formula is C29H35FN6O4. The molecule has 0 radical (unpaired) electrons. The van der Waals surface area contributed by atoms with Gasteiger partial charge in [-0.05, 0) is 68.3 Å². The number of aryl methyl sites for hydroxylation is 1. The molecule has 212 valence electrons. The Bertz CT molecular complexity index is 1300. The van der Waals surface area contributed by atoms with Gasteiger partial charge >= 0.3 is 0 Å². The molecule has 11 heteroatoms. The fraction of sp³-hybridized carbons (Fsp3) is 0.448. The number of aliphatic hydroxyl groups is 1. The van der Waals surface area contributed by atoms with Crippen LogP contribution in [0.1, 0.15) is 25.3 Å². The third-order valence-corrected chi connectivity index (χ3v) is 7.14. The first-order chi connectivity index (χ1) is 19.4. The minimum atomic E-state index is -1.35. The number of rotatable bonds is 7. The number of alkyl halides is 1. The van der Waals surface area contributed by atoms with Gasteiger partial charge in [0.15, 0.2) is 12.0 Å². The Hall–Kier alpha value is -3.83. The summed E-state index contributed by atoms with van der Waals surface area (Å²) in [6.07, 6.45) is -0.336. The number of benzene rings is 2. The van der Waals surface area contributed by atoms with E-state index in [1.54, 1.807) is 6.07 Å². The zero-order valence-electron chi connectivity index (χ0n) is 22.8. The number of nitrogens with zero attached hydrogens (tertiary/aromatic N) is 5. The number of aromatic nitrogens is 3. The van der Waals surface area contributed by atoms with Crippen LogP contribution in [0, 0.1) is 6.92 Å². The molecule has 10 nitrogen and oxygen atoms in total. The van der Waals surface area contributed by atoms with Crippen LogP contribution in [0.4, 0.5) is 21.7 Å². The number of halogens is 1. The van der Waals surface area contributed by atoms with Gasteiger partial charge in [-0.3, -0.25) is 4.79 Å². The molecule has 0 aliphatic carbocycles. The first kappa shape index (κ1) is 27.7. The number of amides is 1. The molecular weight excluding hydrogens is 515 g/mol. The number of hydrogen-bond acceptors (Lipinski definition) is 9. The van der Waals surface area contributed by atoms with Crippen LogP contribution in [0.3, 0.4) is 0 Å². The van der Waals surface area contributed by atoms with Gasteiger partial charge in [0.25, 0.3) is 5.91 Å². The second-order valence-corrected chi connectivity index (χ2v) is 10.2. The van der Waals surface area contributed by atoms with Gasteiger partial charge in [0.1, 0.15) is 24.3 Å². The average Bonchev–Trinajstić information content (AvgIpc) is 3.25. The normalized spacial score (nSPS) is 20.5. The van der Waals surface area contributed by atoms with Gasteiger partial charge in [-0.1, -0.05) is 0 Å². The van der Waals surface area contributed by atoms with Crippen molar-refractivity contribution < 1.29 is 23.8 Å². The van der Waals surface area contributed by atoms with Crippen LogP contribution in [-0.2, 0) is 9.53 Å². The zero-order chi connectivity index (χ0) is 28.1. The molecule has 0 saturated carbocycles. The number of piperidine rings is 1. The first-order valence-electron chi connectivity index (χ1n) is 13.6. The lowest BCUT2D eigenvalue weighted by molar-refractivity contribution is -0.143. The van der Waals surface area contributed by atoms with Gasteiger partial charge in [0.2, 0.25) is 5.95 Å². The van der Waals surface area contributed by atoms with Gasteiger partial charge in [0.05, 0.1) is 13.2 Å². The molecule has 40 heavy (non-hydrogen) atoms. The predicted octanol–water partition coefficient (Wildman–Crippen LogP) is 3.52. The summed E-state index contributed by atoms with van der Waals surface area (Å²) < 4.78 is 26.3. The highest BCUT2D eigenvalue weighted by molar-refractivity contribution is 5.80. The maximum atomic E-state index is 14.8. The molecule has 3 heterocycles. The molecule has 0 bridgehead atoms. The van der Waals surface area contributed by atoms with Crippen LogP contribution in [0.5, 0.6) is 5.75 Å². The van der Waals surface area contributed by atoms with Crippen molar-refractivity contribution in [3.05, 3.63) is 54.4 Å². The van der Waals surface area contributed by atoms with Gasteiger partial charge in [-0.25, -0.2) is 14.4 Å². The molecule has 5 rings (SSSR count). The van der Waals surface area contributed by atoms with Crippen LogP contribution in [0.15, 0.2) is 48.8 Å². The standard InChI is InChI=1S/C29H35FN6O4/c1-19-16-21(4-9-25(19)40-26-10-12-36(17-24(26)30)28(38)20(2)37)27-31-18-32-29(34-27)33-22-5-7-23(8-6-22)35-11-3-14-39-15-13-35/h4-9,16,18,20,24,26,37H,3,10-15,17H2,1-2H3,(H,31,32,33,34)/t20-,24+,26-/m0/s1. The summed E-state index contributed by atoms with van der Waals surface area (Å²) in [5, 5.41) is 12.7. The molecule has 1 aromatic heterocycles. The van der Waals surface area contributed by atoms with E-state index in [0.29, 0.717) is 30.5 Å². The fourth-order valence-electron chi connectivity index (χ4n) is 4.95. The van der Waals surface area contributed by atoms with Gasteiger partial charge < -0.3 is 29.7 Å². The topological polar surface area (TPSA) is 113 Å². The predicted molar refractivity (Wildman–Crippen MR) is 150 cm³/mol. The van der Waals surface area contributed by atoms with Gasteiger partial charge in [-0.15, -0.1) is 0 Å². The number of carbonyl (C=O) groups excluding carboxylic acids is 1. The lowest BCUT2D eigenvalue weighted by atomic mass is 10.0. The lowest BCUT2D eigenvalue weighted by Crippen LogP contribution is -2.51. The molecule has 3 atom stereocenters. The van der Waals surface area contributed by atoms with E-state index in [1.165, 1.54) is 18.2 Å². The summed E-state index contributed by atoms with van der Waals surface area (Å²) in [6.45, 7) is 6.92. The third-order valence-electron chi connectivity index (χ3n) is 7.14. The lowest BCUT2D eigenvalue weighted by Gasteiger charge is -2.35. The van der Waals surface area contributed by atoms with Gasteiger partial charge in [0, 0.05) is 49.6 Å². The molecule has 0 unspecified atom stereocenters. The van der Waals surface area contributed by atoms with Crippen molar-refractivity contribution in [2.45, 2.75) is 45.1 Å². The Morgan fingerprint density at radius 3 is 2.73 bits per heavy atom. The zero-order valence-corrected chi connectivity index (χ0v) is 22.8. The van der Waals surface area contributed by atoms with Crippen molar-refractivity contribution >= 4 is 23.2 Å². The number of ether oxygens (including phenoxy) is 2. The molecule has 2 aliphatic rings. The Labute approximate surface area is 233 Å². The van der Waals surface area contributed by atoms with E-state index < -0.39 is 24.3 Å². The fourth-order valence-corrected chi connectivity index (χ4v) is 4.95. The number of likely N-dealkylation sites (tertiary alicyclic amines) is 1. The molecule has 2 aromatic carbocycles. The summed E-state index contributed by atoms with van der Waals surface area (Å²) in [4.78, 5) is 28.8. The summed E-state index contributed by atoms with van der Waals surface area (Å²) >= 11 is 0. The number of aliphatic hydroxyl groups excluding tert-OH is 1. The minimum absolute atomic E-state index is 0.0951. The largest absolute Gasteiger partial charge is 0.487 e. The van der Waals surface area contributed by atoms with E-state index in [0.717, 1.165) is 55.2 Å². The van der Waals surface area contributed by atoms with E-state index in [2.05, 4.69) is 37.3 Å². The van der Waals surface area contributed by atoms with Crippen molar-refractivity contribution in [1.29, 1.82) is 0 Å². The number of nitrogens with one attached hydrogen (secondary N) is 1. The maximum absolute atomic E-state index is 14.8. The van der Waals surface area contributed by atoms with E-state index >= 15 is 0 Å². The Balaban J connectivity index is 1.22. The number of hydrogen-bond donors (Lipinski definition) is 2. The monoisotopic (exact) mass is 550 g/mol. The molecule has 1 amide bonds. The maximum Gasteiger partial charge on any atom is 0.251 e. The van der Waals surface area contributed by atoms with Crippen molar-refractivity contribution in [2.75, 3.05) is 49.6 Å². The van der Waals surface area contributed by atoms with E-state index in [9.17, 15) is 14.3 Å². The summed E-state index contributed by atoms with van der Waals surface area (Å²) in [5.74, 6) is 1.03. The van der Waals surface area contributed by atoms with Crippen molar-refractivity contribution in [2.24, 2.45) is 0 Å². The van der Waals surface area contributed by atoms with Crippen LogP contribution in [-0.4, -0.2) is 88.6 Å². The third kappa shape index (κ3) is 6.65. The average molecular weight is 551 g/mol. The second kappa shape index (κ2) is 12.6. The first-order valence-corrected chi connectivity index (χ1v) is 13.6. The molecule has 2 saturated heterocycles. The summed E-state index contributed by atoms with van der Waals surface area (Å²) in [7, 11) is 0. The Morgan fingerprint density at radius 2 is 1.98 bits per heavy atom. The SMILES string of the molecule is Cc1cc(-c2ncnc(Nc3ccc(N4CCCOCC4)cc3)n2)ccc1O[C@H]1CCN(C(=O)[C@H](C)O)C[C@H]1F. The van der Waals surface area contributed by atoms with E-state index in [1.807, 2.05) is 31.2 Å². The smallest absolute Gasteiger partial charge is 0.251 e. The highest BCUT2D eigenvalue weighted by Crippen LogP contribution is 2.28. The molecule has 3 aromatic rings. The number of anilines is 3. The molecule has 2 N–H and O–H groups in total. The van der Waals surface area contributed by atoms with Crippen molar-refractivity contribution in [3.63, 3.8) is 0 Å². The van der Waals surface area contributed by atoms with E-state index in [-0.39, 0.29) is 6.54 Å². The summed E-state index contributed by atoms with van der Waals surface area (Å²) in [6, 6.07) is 13.7. The quantitative estimate of drug-likeness (QED) is 0.456. The van der Waals surface area contributed by atoms with Gasteiger partial charge in [-0.2, -0.15) is 4.98 Å². The minimum Gasteiger partial charge on any atom is -0.487 e. The van der Waals surface area contributed by atoms with Crippen LogP contribution < -0.4 is 15.0 Å². The second-order valence-electron chi connectivity index (χ2n) is 10.2. The van der Waals surface area contributed by atoms with Crippen LogP contribution in [0.25, 0.3) is 11.4 Å². The van der Waals surface area contributed by atoms with Crippen molar-refractivity contribution in [1.82, 2.24) is 19.9 Å².